The zero-order valence-corrected chi connectivity index (χ0v) is 29.2. The summed E-state index contributed by atoms with van der Waals surface area (Å²) in [7, 11) is 1.30. The van der Waals surface area contributed by atoms with Crippen LogP contribution in [-0.4, -0.2) is 48.0 Å². The van der Waals surface area contributed by atoms with Crippen LogP contribution in [0.3, 0.4) is 0 Å². The van der Waals surface area contributed by atoms with E-state index in [0.29, 0.717) is 12.2 Å². The predicted molar refractivity (Wildman–Crippen MR) is 192 cm³/mol. The van der Waals surface area contributed by atoms with E-state index >= 15 is 0 Å². The summed E-state index contributed by atoms with van der Waals surface area (Å²) in [6, 6.07) is 31.3. The first-order chi connectivity index (χ1) is 24.2. The molecule has 262 valence electrons. The lowest BCUT2D eigenvalue weighted by Gasteiger charge is -2.41. The smallest absolute Gasteiger partial charge is 0.328 e. The summed E-state index contributed by atoms with van der Waals surface area (Å²) in [6.45, 7) is 3.82. The molecule has 4 aromatic carbocycles. The number of hydrogen-bond donors (Lipinski definition) is 4. The molecule has 1 aliphatic rings. The lowest BCUT2D eigenvalue weighted by Crippen LogP contribution is -2.47. The van der Waals surface area contributed by atoms with Crippen LogP contribution in [0.2, 0.25) is 0 Å². The minimum atomic E-state index is -0.824. The third-order valence-electron chi connectivity index (χ3n) is 8.49. The molecular weight excluding hydrogens is 655 g/mol. The fraction of sp³-hybridized carbons (Fsp3) is 0.308. The number of rotatable bonds is 13. The van der Waals surface area contributed by atoms with Gasteiger partial charge >= 0.3 is 12.0 Å². The zero-order chi connectivity index (χ0) is 35.5. The Bertz CT molecular complexity index is 1700. The number of aliphatic hydroxyl groups excluding tert-OH is 1. The van der Waals surface area contributed by atoms with Gasteiger partial charge in [-0.1, -0.05) is 85.8 Å². The van der Waals surface area contributed by atoms with Gasteiger partial charge in [0.05, 0.1) is 25.9 Å². The van der Waals surface area contributed by atoms with Crippen molar-refractivity contribution in [3.05, 3.63) is 131 Å². The summed E-state index contributed by atoms with van der Waals surface area (Å²) in [6.07, 6.45) is -0.726. The first kappa shape index (κ1) is 36.6. The van der Waals surface area contributed by atoms with Crippen molar-refractivity contribution in [2.75, 3.05) is 18.2 Å². The van der Waals surface area contributed by atoms with Crippen molar-refractivity contribution >= 4 is 35.4 Å². The van der Waals surface area contributed by atoms with E-state index in [1.807, 2.05) is 103 Å². The Morgan fingerprint density at radius 3 is 2.14 bits per heavy atom. The van der Waals surface area contributed by atoms with E-state index in [-0.39, 0.29) is 37.2 Å². The molecule has 1 fully saturated rings. The first-order valence-corrected chi connectivity index (χ1v) is 17.5. The number of nitrogens with one attached hydrogen (secondary N) is 3. The number of anilines is 1. The topological polar surface area (TPSA) is 135 Å². The summed E-state index contributed by atoms with van der Waals surface area (Å²) < 4.78 is 18.1. The lowest BCUT2D eigenvalue weighted by molar-refractivity contribution is -0.268. The predicted octanol–water partition coefficient (Wildman–Crippen LogP) is 6.30. The van der Waals surface area contributed by atoms with Crippen molar-refractivity contribution in [3.8, 4) is 0 Å². The zero-order valence-electron chi connectivity index (χ0n) is 28.3. The summed E-state index contributed by atoms with van der Waals surface area (Å²) in [4.78, 5) is 37.6. The number of amides is 3. The Labute approximate surface area is 296 Å². The number of aliphatic hydroxyl groups is 1. The number of carbonyl (C=O) groups is 3. The molecule has 1 saturated heterocycles. The van der Waals surface area contributed by atoms with Crippen LogP contribution in [0.15, 0.2) is 108 Å². The third-order valence-corrected chi connectivity index (χ3v) is 9.59. The molecule has 3 amide bonds. The Morgan fingerprint density at radius 1 is 0.840 bits per heavy atom. The van der Waals surface area contributed by atoms with E-state index < -0.39 is 24.3 Å². The van der Waals surface area contributed by atoms with Crippen LogP contribution in [-0.2, 0) is 43.4 Å². The number of thioether (sulfide) groups is 1. The maximum atomic E-state index is 12.8. The van der Waals surface area contributed by atoms with Crippen LogP contribution in [0.4, 0.5) is 10.5 Å². The molecular formula is C39H43N3O7S. The number of urea groups is 1. The van der Waals surface area contributed by atoms with E-state index in [2.05, 4.69) is 22.9 Å². The van der Waals surface area contributed by atoms with Gasteiger partial charge in [-0.3, -0.25) is 4.79 Å². The Kier molecular flexibility index (Phi) is 13.0. The van der Waals surface area contributed by atoms with E-state index in [1.54, 1.807) is 11.8 Å². The summed E-state index contributed by atoms with van der Waals surface area (Å²) in [5.74, 6) is 0.0705. The maximum absolute atomic E-state index is 12.8. The summed E-state index contributed by atoms with van der Waals surface area (Å²) >= 11 is 1.68. The van der Waals surface area contributed by atoms with Crippen molar-refractivity contribution in [1.29, 1.82) is 0 Å². The quantitative estimate of drug-likeness (QED) is 0.0945. The standard InChI is InChI=1S/C39H43N3O7S/c1-25-35(24-50-33-19-17-32(18-20-33)41-26(2)44)48-38(49-36(25)30-13-11-29(23-43)12-14-30)31-15-9-28(10-16-31)22-40-39(46)42-34(37(45)47-3)21-27-7-5-4-6-8-27/h4-20,25,34-36,38,43H,21-24H2,1-3H3,(H,41,44)(H2,40,42,46). The molecule has 0 aliphatic carbocycles. The van der Waals surface area contributed by atoms with Gasteiger partial charge in [-0.2, -0.15) is 0 Å². The van der Waals surface area contributed by atoms with Crippen LogP contribution < -0.4 is 16.0 Å². The minimum Gasteiger partial charge on any atom is -0.467 e. The van der Waals surface area contributed by atoms with Crippen molar-refractivity contribution in [1.82, 2.24) is 10.6 Å². The molecule has 4 aromatic rings. The minimum absolute atomic E-state index is 0.0232. The maximum Gasteiger partial charge on any atom is 0.328 e. The molecule has 10 nitrogen and oxygen atoms in total. The van der Waals surface area contributed by atoms with E-state index in [1.165, 1.54) is 14.0 Å². The first-order valence-electron chi connectivity index (χ1n) is 16.5. The number of methoxy groups -OCH3 is 1. The second-order valence-corrected chi connectivity index (χ2v) is 13.3. The van der Waals surface area contributed by atoms with Gasteiger partial charge in [0.15, 0.2) is 6.29 Å². The van der Waals surface area contributed by atoms with Gasteiger partial charge in [-0.15, -0.1) is 11.8 Å². The molecule has 5 rings (SSSR count). The van der Waals surface area contributed by atoms with Crippen LogP contribution >= 0.6 is 11.8 Å². The molecule has 1 aliphatic heterocycles. The van der Waals surface area contributed by atoms with Crippen LogP contribution in [0.5, 0.6) is 0 Å². The van der Waals surface area contributed by atoms with Crippen LogP contribution in [0.1, 0.15) is 54.1 Å². The highest BCUT2D eigenvalue weighted by molar-refractivity contribution is 7.99. The molecule has 1 heterocycles. The fourth-order valence-electron chi connectivity index (χ4n) is 5.70. The van der Waals surface area contributed by atoms with Crippen LogP contribution in [0, 0.1) is 5.92 Å². The highest BCUT2D eigenvalue weighted by atomic mass is 32.2. The van der Waals surface area contributed by atoms with Gasteiger partial charge in [0, 0.05) is 47.7 Å². The van der Waals surface area contributed by atoms with Gasteiger partial charge in [-0.25, -0.2) is 9.59 Å². The van der Waals surface area contributed by atoms with Crippen molar-refractivity contribution in [3.63, 3.8) is 0 Å². The van der Waals surface area contributed by atoms with Gasteiger partial charge in [0.1, 0.15) is 6.04 Å². The highest BCUT2D eigenvalue weighted by Crippen LogP contribution is 2.43. The number of carbonyl (C=O) groups excluding carboxylic acids is 3. The molecule has 5 unspecified atom stereocenters. The molecule has 0 bridgehead atoms. The molecule has 0 aromatic heterocycles. The van der Waals surface area contributed by atoms with E-state index in [9.17, 15) is 19.5 Å². The van der Waals surface area contributed by atoms with Gasteiger partial charge in [0.2, 0.25) is 5.91 Å². The third kappa shape index (κ3) is 10.2. The van der Waals surface area contributed by atoms with Crippen LogP contribution in [0.25, 0.3) is 0 Å². The highest BCUT2D eigenvalue weighted by Gasteiger charge is 2.38. The van der Waals surface area contributed by atoms with Crippen molar-refractivity contribution < 1.29 is 33.7 Å². The normalized spacial score (nSPS) is 19.2. The molecule has 5 atom stereocenters. The molecule has 0 radical (unpaired) electrons. The monoisotopic (exact) mass is 697 g/mol. The van der Waals surface area contributed by atoms with Crippen molar-refractivity contribution in [2.45, 2.75) is 62.9 Å². The Morgan fingerprint density at radius 2 is 1.50 bits per heavy atom. The van der Waals surface area contributed by atoms with Crippen molar-refractivity contribution in [2.24, 2.45) is 5.92 Å². The van der Waals surface area contributed by atoms with Gasteiger partial charge < -0.3 is 35.3 Å². The van der Waals surface area contributed by atoms with Gasteiger partial charge in [0.25, 0.3) is 0 Å². The van der Waals surface area contributed by atoms with E-state index in [0.717, 1.165) is 38.4 Å². The summed E-state index contributed by atoms with van der Waals surface area (Å²) in [5.41, 5.74) is 5.18. The number of ether oxygens (including phenoxy) is 3. The number of benzene rings is 4. The largest absolute Gasteiger partial charge is 0.467 e. The van der Waals surface area contributed by atoms with Gasteiger partial charge in [-0.05, 0) is 46.5 Å². The second kappa shape index (κ2) is 17.8. The Balaban J connectivity index is 1.24. The molecule has 4 N–H and O–H groups in total. The number of esters is 1. The molecule has 50 heavy (non-hydrogen) atoms. The average Bonchev–Trinajstić information content (AvgIpc) is 3.14. The average molecular weight is 698 g/mol. The SMILES string of the molecule is COC(=O)C(Cc1ccccc1)NC(=O)NCc1ccc(C2OC(CSc3ccc(NC(C)=O)cc3)C(C)C(c3ccc(CO)cc3)O2)cc1. The summed E-state index contributed by atoms with van der Waals surface area (Å²) in [5, 5.41) is 17.9. The molecule has 0 spiro atoms. The molecule has 11 heteroatoms. The van der Waals surface area contributed by atoms with E-state index in [4.69, 9.17) is 14.2 Å². The second-order valence-electron chi connectivity index (χ2n) is 12.2. The number of hydrogen-bond acceptors (Lipinski definition) is 8. The lowest BCUT2D eigenvalue weighted by atomic mass is 9.91. The molecule has 0 saturated carbocycles. The fourth-order valence-corrected chi connectivity index (χ4v) is 6.76. The Hall–Kier alpha value is -4.68.